The molecule has 156 valence electrons. The molecule has 3 aromatic carbocycles. The molecule has 2 N–H and O–H groups in total. The summed E-state index contributed by atoms with van der Waals surface area (Å²) in [7, 11) is 0. The summed E-state index contributed by atoms with van der Waals surface area (Å²) >= 11 is 0. The third kappa shape index (κ3) is 3.77. The molecule has 0 aliphatic heterocycles. The fraction of sp³-hybridized carbons (Fsp3) is 0.0417. The summed E-state index contributed by atoms with van der Waals surface area (Å²) in [6.07, 6.45) is 1.44. The van der Waals surface area contributed by atoms with Crippen LogP contribution in [0.5, 0.6) is 0 Å². The Hall–Kier alpha value is -4.59. The van der Waals surface area contributed by atoms with E-state index in [1.54, 1.807) is 10.7 Å². The Balaban J connectivity index is 1.36. The number of nitrogens with one attached hydrogen (secondary N) is 2. The van der Waals surface area contributed by atoms with Crippen molar-refractivity contribution < 1.29 is 4.79 Å². The second-order valence-electron chi connectivity index (χ2n) is 7.22. The highest BCUT2D eigenvalue weighted by molar-refractivity contribution is 6.03. The predicted octanol–water partition coefficient (Wildman–Crippen LogP) is 4.28. The van der Waals surface area contributed by atoms with Gasteiger partial charge in [0, 0.05) is 11.3 Å². The molecule has 1 amide bonds. The lowest BCUT2D eigenvalue weighted by molar-refractivity contribution is 0.102. The van der Waals surface area contributed by atoms with Crippen molar-refractivity contribution in [2.24, 2.45) is 0 Å². The first-order valence-corrected chi connectivity index (χ1v) is 10.0. The largest absolute Gasteiger partial charge is 0.321 e. The van der Waals surface area contributed by atoms with Crippen molar-refractivity contribution in [1.29, 1.82) is 0 Å². The van der Waals surface area contributed by atoms with Crippen LogP contribution in [0.2, 0.25) is 0 Å². The quantitative estimate of drug-likeness (QED) is 0.441. The second-order valence-corrected chi connectivity index (χ2v) is 7.22. The van der Waals surface area contributed by atoms with Crippen LogP contribution in [-0.2, 0) is 0 Å². The fourth-order valence-corrected chi connectivity index (χ4v) is 3.49. The maximum Gasteiger partial charge on any atom is 0.278 e. The summed E-state index contributed by atoms with van der Waals surface area (Å²) in [6, 6.07) is 25.5. The minimum Gasteiger partial charge on any atom is -0.321 e. The highest BCUT2D eigenvalue weighted by Gasteiger charge is 2.18. The van der Waals surface area contributed by atoms with Gasteiger partial charge in [0.25, 0.3) is 5.91 Å². The summed E-state index contributed by atoms with van der Waals surface area (Å²) in [6.45, 7) is 1.82. The lowest BCUT2D eigenvalue weighted by Gasteiger charge is -2.07. The molecular weight excluding hydrogens is 402 g/mol. The van der Waals surface area contributed by atoms with Crippen molar-refractivity contribution >= 4 is 11.6 Å². The molecule has 5 aromatic rings. The number of anilines is 1. The Morgan fingerprint density at radius 2 is 1.66 bits per heavy atom. The molecule has 8 nitrogen and oxygen atoms in total. The van der Waals surface area contributed by atoms with Gasteiger partial charge < -0.3 is 5.32 Å². The van der Waals surface area contributed by atoms with Crippen LogP contribution in [0.4, 0.5) is 5.69 Å². The van der Waals surface area contributed by atoms with Crippen molar-refractivity contribution in [2.75, 3.05) is 5.32 Å². The number of rotatable bonds is 5. The zero-order valence-corrected chi connectivity index (χ0v) is 17.2. The van der Waals surface area contributed by atoms with Gasteiger partial charge in [-0.2, -0.15) is 5.10 Å². The van der Waals surface area contributed by atoms with Gasteiger partial charge in [-0.1, -0.05) is 59.8 Å². The number of aromatic amines is 1. The highest BCUT2D eigenvalue weighted by atomic mass is 16.2. The van der Waals surface area contributed by atoms with Crippen molar-refractivity contribution in [2.45, 2.75) is 6.92 Å². The van der Waals surface area contributed by atoms with E-state index in [1.165, 1.54) is 6.33 Å². The van der Waals surface area contributed by atoms with E-state index in [2.05, 4.69) is 42.9 Å². The average molecular weight is 421 g/mol. The maximum atomic E-state index is 12.9. The van der Waals surface area contributed by atoms with Crippen molar-refractivity contribution in [3.05, 3.63) is 96.6 Å². The standard InChI is InChI=1S/C24H19N7O/c1-16-22(24(32)27-20-9-5-8-19(14-20)23-25-15-26-29-23)28-30-31(16)21-12-10-18(11-13-21)17-6-3-2-4-7-17/h2-15H,1H3,(H,27,32)(H,25,26,29). The lowest BCUT2D eigenvalue weighted by Crippen LogP contribution is -2.14. The number of carbonyl (C=O) groups excluding carboxylic acids is 1. The van der Waals surface area contributed by atoms with Gasteiger partial charge >= 0.3 is 0 Å². The van der Waals surface area contributed by atoms with Gasteiger partial charge in [0.15, 0.2) is 11.5 Å². The molecule has 0 spiro atoms. The summed E-state index contributed by atoms with van der Waals surface area (Å²) in [4.78, 5) is 17.0. The first kappa shape index (κ1) is 19.4. The Morgan fingerprint density at radius 3 is 2.41 bits per heavy atom. The number of benzene rings is 3. The van der Waals surface area contributed by atoms with Gasteiger partial charge in [0.1, 0.15) is 6.33 Å². The van der Waals surface area contributed by atoms with E-state index in [0.717, 1.165) is 22.4 Å². The summed E-state index contributed by atoms with van der Waals surface area (Å²) in [5, 5.41) is 17.9. The normalized spacial score (nSPS) is 10.8. The fourth-order valence-electron chi connectivity index (χ4n) is 3.49. The van der Waals surface area contributed by atoms with Crippen LogP contribution in [0.1, 0.15) is 16.2 Å². The van der Waals surface area contributed by atoms with Gasteiger partial charge in [0.2, 0.25) is 0 Å². The molecule has 0 aliphatic carbocycles. The molecule has 0 saturated carbocycles. The molecule has 32 heavy (non-hydrogen) atoms. The highest BCUT2D eigenvalue weighted by Crippen LogP contribution is 2.22. The summed E-state index contributed by atoms with van der Waals surface area (Å²) < 4.78 is 1.66. The molecule has 0 radical (unpaired) electrons. The van der Waals surface area contributed by atoms with E-state index in [9.17, 15) is 4.79 Å². The first-order valence-electron chi connectivity index (χ1n) is 10.0. The summed E-state index contributed by atoms with van der Waals surface area (Å²) in [5.74, 6) is 0.298. The predicted molar refractivity (Wildman–Crippen MR) is 121 cm³/mol. The minimum atomic E-state index is -0.329. The van der Waals surface area contributed by atoms with Crippen LogP contribution in [-0.4, -0.2) is 36.1 Å². The van der Waals surface area contributed by atoms with Crippen LogP contribution in [0.25, 0.3) is 28.2 Å². The Labute approximate surface area is 184 Å². The van der Waals surface area contributed by atoms with Gasteiger partial charge in [0.05, 0.1) is 11.4 Å². The third-order valence-corrected chi connectivity index (χ3v) is 5.14. The van der Waals surface area contributed by atoms with Crippen LogP contribution < -0.4 is 5.32 Å². The van der Waals surface area contributed by atoms with E-state index in [-0.39, 0.29) is 11.6 Å². The zero-order valence-electron chi connectivity index (χ0n) is 17.2. The Bertz CT molecular complexity index is 1360. The minimum absolute atomic E-state index is 0.266. The van der Waals surface area contributed by atoms with Crippen LogP contribution >= 0.6 is 0 Å². The smallest absolute Gasteiger partial charge is 0.278 e. The summed E-state index contributed by atoms with van der Waals surface area (Å²) in [5.41, 5.74) is 5.45. The number of hydrogen-bond acceptors (Lipinski definition) is 5. The SMILES string of the molecule is Cc1c(C(=O)Nc2cccc(-c3ncn[nH]3)c2)nnn1-c1ccc(-c2ccccc2)cc1. The zero-order chi connectivity index (χ0) is 21.9. The average Bonchev–Trinajstić information content (AvgIpc) is 3.50. The maximum absolute atomic E-state index is 12.9. The third-order valence-electron chi connectivity index (χ3n) is 5.14. The van der Waals surface area contributed by atoms with Crippen LogP contribution in [0, 0.1) is 6.92 Å². The lowest BCUT2D eigenvalue weighted by atomic mass is 10.1. The molecule has 8 heteroatoms. The number of H-pyrrole nitrogens is 1. The van der Waals surface area contributed by atoms with Crippen molar-refractivity contribution in [3.8, 4) is 28.2 Å². The van der Waals surface area contributed by atoms with Crippen LogP contribution in [0.3, 0.4) is 0 Å². The molecule has 0 unspecified atom stereocenters. The second kappa shape index (κ2) is 8.27. The molecule has 2 aromatic heterocycles. The number of aromatic nitrogens is 6. The number of nitrogens with zero attached hydrogens (tertiary/aromatic N) is 5. The number of carbonyl (C=O) groups is 1. The van der Waals surface area contributed by atoms with Crippen molar-refractivity contribution in [1.82, 2.24) is 30.2 Å². The number of hydrogen-bond donors (Lipinski definition) is 2. The Morgan fingerprint density at radius 1 is 0.906 bits per heavy atom. The molecular formula is C24H19N7O. The van der Waals surface area contributed by atoms with Gasteiger partial charge in [-0.05, 0) is 42.3 Å². The monoisotopic (exact) mass is 421 g/mol. The van der Waals surface area contributed by atoms with E-state index in [1.807, 2.05) is 67.6 Å². The van der Waals surface area contributed by atoms with Crippen LogP contribution in [0.15, 0.2) is 85.2 Å². The van der Waals surface area contributed by atoms with E-state index in [4.69, 9.17) is 0 Å². The van der Waals surface area contributed by atoms with Crippen molar-refractivity contribution in [3.63, 3.8) is 0 Å². The topological polar surface area (TPSA) is 101 Å². The molecule has 2 heterocycles. The van der Waals surface area contributed by atoms with Gasteiger partial charge in [-0.15, -0.1) is 5.10 Å². The van der Waals surface area contributed by atoms with E-state index < -0.39 is 0 Å². The van der Waals surface area contributed by atoms with Gasteiger partial charge in [-0.25, -0.2) is 9.67 Å². The molecule has 5 rings (SSSR count). The Kier molecular flexibility index (Phi) is 5.01. The van der Waals surface area contributed by atoms with E-state index >= 15 is 0 Å². The molecule has 0 atom stereocenters. The molecule has 0 bridgehead atoms. The number of amides is 1. The molecule has 0 aliphatic rings. The molecule has 0 saturated heterocycles. The van der Waals surface area contributed by atoms with Gasteiger partial charge in [-0.3, -0.25) is 9.89 Å². The first-order chi connectivity index (χ1) is 15.7. The van der Waals surface area contributed by atoms with E-state index in [0.29, 0.717) is 17.2 Å². The molecule has 0 fully saturated rings.